The highest BCUT2D eigenvalue weighted by Crippen LogP contribution is 2.44. The first kappa shape index (κ1) is 21.9. The molecule has 0 N–H and O–H groups in total. The SMILES string of the molecule is C=C1C2C(CCc3ccccc3-c3ccc(-c4ccccc4)c[n+]31)c1ccccc1-c1ccc(C)c[n+]12. The van der Waals surface area contributed by atoms with Gasteiger partial charge < -0.3 is 0 Å². The highest BCUT2D eigenvalue weighted by Gasteiger charge is 2.46. The van der Waals surface area contributed by atoms with Crippen LogP contribution < -0.4 is 9.13 Å². The van der Waals surface area contributed by atoms with Crippen molar-refractivity contribution in [1.82, 2.24) is 0 Å². The minimum Gasteiger partial charge on any atom is -0.184 e. The maximum atomic E-state index is 4.83. The number of fused-ring (bicyclic) bond motifs is 9. The Kier molecular flexibility index (Phi) is 5.14. The lowest BCUT2D eigenvalue weighted by Gasteiger charge is -2.29. The Bertz CT molecular complexity index is 1660. The largest absolute Gasteiger partial charge is 0.249 e. The normalized spacial score (nSPS) is 17.7. The Morgan fingerprint density at radius 1 is 0.676 bits per heavy atom. The lowest BCUT2D eigenvalue weighted by Crippen LogP contribution is -2.53. The van der Waals surface area contributed by atoms with Gasteiger partial charge in [0, 0.05) is 34.4 Å². The van der Waals surface area contributed by atoms with Crippen LogP contribution in [0.4, 0.5) is 0 Å². The predicted octanol–water partition coefficient (Wildman–Crippen LogP) is 7.33. The van der Waals surface area contributed by atoms with Gasteiger partial charge in [-0.3, -0.25) is 0 Å². The number of aryl methyl sites for hydroxylation is 2. The number of pyridine rings is 2. The van der Waals surface area contributed by atoms with Crippen molar-refractivity contribution < 1.29 is 9.13 Å². The van der Waals surface area contributed by atoms with Gasteiger partial charge in [0.15, 0.2) is 12.4 Å². The summed E-state index contributed by atoms with van der Waals surface area (Å²) in [5.74, 6) is 0.329. The van der Waals surface area contributed by atoms with Gasteiger partial charge in [-0.2, -0.15) is 9.13 Å². The lowest BCUT2D eigenvalue weighted by molar-refractivity contribution is -0.727. The van der Waals surface area contributed by atoms with E-state index in [1.807, 2.05) is 0 Å². The third kappa shape index (κ3) is 3.55. The molecule has 0 spiro atoms. The van der Waals surface area contributed by atoms with E-state index in [4.69, 9.17) is 6.58 Å². The number of allylic oxidation sites excluding steroid dienone is 1. The Labute approximate surface area is 218 Å². The first-order valence-corrected chi connectivity index (χ1v) is 13.2. The standard InChI is InChI=1S/C35H30N2/c1-24-16-20-34-31-15-9-8-14-30(31)32-19-17-27-12-6-7-13-29(27)33-21-18-28(26-10-4-3-5-11-26)23-36(33)25(2)35(32)37(34)22-24/h3-16,18,20-23,32,35H,2,17,19H2,1H3/q+2. The average Bonchev–Trinajstić information content (AvgIpc) is 3.00. The van der Waals surface area contributed by atoms with Crippen LogP contribution in [-0.4, -0.2) is 0 Å². The van der Waals surface area contributed by atoms with Crippen LogP contribution in [0, 0.1) is 6.92 Å². The molecule has 2 unspecified atom stereocenters. The van der Waals surface area contributed by atoms with E-state index >= 15 is 0 Å². The summed E-state index contributed by atoms with van der Waals surface area (Å²) in [6, 6.07) is 37.7. The van der Waals surface area contributed by atoms with Crippen LogP contribution in [0.25, 0.3) is 39.3 Å². The minimum atomic E-state index is 0.119. The van der Waals surface area contributed by atoms with Crippen molar-refractivity contribution in [3.8, 4) is 33.6 Å². The summed E-state index contributed by atoms with van der Waals surface area (Å²) in [6.07, 6.45) is 6.71. The van der Waals surface area contributed by atoms with Crippen LogP contribution in [0.5, 0.6) is 0 Å². The van der Waals surface area contributed by atoms with Gasteiger partial charge in [-0.25, -0.2) is 0 Å². The fourth-order valence-corrected chi connectivity index (χ4v) is 6.41. The van der Waals surface area contributed by atoms with Crippen molar-refractivity contribution in [1.29, 1.82) is 0 Å². The van der Waals surface area contributed by atoms with Crippen LogP contribution in [0.3, 0.4) is 0 Å². The van der Waals surface area contributed by atoms with E-state index in [1.54, 1.807) is 0 Å². The van der Waals surface area contributed by atoms with Gasteiger partial charge in [0.05, 0.1) is 5.92 Å². The Morgan fingerprint density at radius 2 is 1.41 bits per heavy atom. The van der Waals surface area contributed by atoms with E-state index in [9.17, 15) is 0 Å². The van der Waals surface area contributed by atoms with E-state index in [1.165, 1.54) is 50.3 Å². The van der Waals surface area contributed by atoms with E-state index in [-0.39, 0.29) is 6.04 Å². The average molecular weight is 479 g/mol. The fourth-order valence-electron chi connectivity index (χ4n) is 6.41. The summed E-state index contributed by atoms with van der Waals surface area (Å²) >= 11 is 0. The highest BCUT2D eigenvalue weighted by atomic mass is 15.1. The number of hydrogen-bond acceptors (Lipinski definition) is 0. The second-order valence-corrected chi connectivity index (χ2v) is 10.4. The first-order valence-electron chi connectivity index (χ1n) is 13.2. The summed E-state index contributed by atoms with van der Waals surface area (Å²) in [5.41, 5.74) is 12.7. The third-order valence-corrected chi connectivity index (χ3v) is 8.17. The molecule has 2 nitrogen and oxygen atoms in total. The molecule has 2 aliphatic rings. The second-order valence-electron chi connectivity index (χ2n) is 10.4. The van der Waals surface area contributed by atoms with Gasteiger partial charge in [0.25, 0.3) is 0 Å². The molecule has 37 heavy (non-hydrogen) atoms. The van der Waals surface area contributed by atoms with Crippen molar-refractivity contribution in [3.63, 3.8) is 0 Å². The van der Waals surface area contributed by atoms with E-state index in [0.29, 0.717) is 5.92 Å². The van der Waals surface area contributed by atoms with Crippen molar-refractivity contribution >= 4 is 5.70 Å². The van der Waals surface area contributed by atoms with E-state index in [2.05, 4.69) is 132 Å². The molecule has 0 aliphatic carbocycles. The zero-order valence-electron chi connectivity index (χ0n) is 21.1. The molecule has 2 heteroatoms. The Hall–Kier alpha value is -4.30. The topological polar surface area (TPSA) is 7.76 Å². The molecule has 2 atom stereocenters. The zero-order chi connectivity index (χ0) is 24.9. The highest BCUT2D eigenvalue weighted by molar-refractivity contribution is 5.69. The quantitative estimate of drug-likeness (QED) is 0.223. The first-order chi connectivity index (χ1) is 18.2. The van der Waals surface area contributed by atoms with Gasteiger partial charge in [0.1, 0.15) is 0 Å². The van der Waals surface area contributed by atoms with Crippen LogP contribution in [-0.2, 0) is 6.42 Å². The molecule has 7 rings (SSSR count). The summed E-state index contributed by atoms with van der Waals surface area (Å²) in [4.78, 5) is 0. The van der Waals surface area contributed by atoms with Crippen molar-refractivity contribution in [2.45, 2.75) is 31.7 Å². The number of hydrogen-bond donors (Lipinski definition) is 0. The van der Waals surface area contributed by atoms with Crippen LogP contribution >= 0.6 is 0 Å². The third-order valence-electron chi connectivity index (χ3n) is 8.17. The summed E-state index contributed by atoms with van der Waals surface area (Å²) in [7, 11) is 0. The number of aromatic nitrogens is 2. The maximum Gasteiger partial charge on any atom is 0.249 e. The fraction of sp³-hybridized carbons (Fsp3) is 0.143. The van der Waals surface area contributed by atoms with Gasteiger partial charge in [-0.1, -0.05) is 66.7 Å². The molecule has 0 amide bonds. The molecular formula is C35H30N2+2. The Morgan fingerprint density at radius 3 is 2.27 bits per heavy atom. The van der Waals surface area contributed by atoms with E-state index in [0.717, 1.165) is 18.5 Å². The zero-order valence-corrected chi connectivity index (χ0v) is 21.1. The molecule has 4 heterocycles. The molecule has 0 fully saturated rings. The Balaban J connectivity index is 1.51. The smallest absolute Gasteiger partial charge is 0.184 e. The van der Waals surface area contributed by atoms with Crippen molar-refractivity contribution in [2.24, 2.45) is 0 Å². The molecular weight excluding hydrogens is 448 g/mol. The van der Waals surface area contributed by atoms with Gasteiger partial charge in [0.2, 0.25) is 23.1 Å². The number of rotatable bonds is 1. The summed E-state index contributed by atoms with van der Waals surface area (Å²) in [5, 5.41) is 0. The van der Waals surface area contributed by atoms with Crippen molar-refractivity contribution in [3.05, 3.63) is 139 Å². The molecule has 3 aromatic carbocycles. The van der Waals surface area contributed by atoms with Crippen LogP contribution in [0.1, 0.15) is 35.1 Å². The molecule has 2 aliphatic heterocycles. The van der Waals surface area contributed by atoms with Crippen LogP contribution in [0.15, 0.2) is 122 Å². The van der Waals surface area contributed by atoms with Gasteiger partial charge >= 0.3 is 0 Å². The monoisotopic (exact) mass is 478 g/mol. The maximum absolute atomic E-state index is 4.83. The predicted molar refractivity (Wildman–Crippen MR) is 150 cm³/mol. The second kappa shape index (κ2) is 8.67. The minimum absolute atomic E-state index is 0.119. The van der Waals surface area contributed by atoms with E-state index < -0.39 is 0 Å². The molecule has 5 aromatic rings. The molecule has 178 valence electrons. The molecule has 0 radical (unpaired) electrons. The number of nitrogens with zero attached hydrogens (tertiary/aromatic N) is 2. The molecule has 0 saturated carbocycles. The molecule has 0 saturated heterocycles. The lowest BCUT2D eigenvalue weighted by atomic mass is 9.78. The van der Waals surface area contributed by atoms with Gasteiger partial charge in [-0.05, 0) is 67.3 Å². The summed E-state index contributed by atoms with van der Waals surface area (Å²) in [6.45, 7) is 7.02. The van der Waals surface area contributed by atoms with Gasteiger partial charge in [-0.15, -0.1) is 0 Å². The molecule has 0 bridgehead atoms. The van der Waals surface area contributed by atoms with Crippen LogP contribution in [0.2, 0.25) is 0 Å². The summed E-state index contributed by atoms with van der Waals surface area (Å²) < 4.78 is 4.86. The molecule has 2 aromatic heterocycles. The van der Waals surface area contributed by atoms with Crippen molar-refractivity contribution in [2.75, 3.05) is 0 Å². The number of benzene rings is 3.